The van der Waals surface area contributed by atoms with Crippen LogP contribution in [-0.2, 0) is 8.98 Å². The van der Waals surface area contributed by atoms with Gasteiger partial charge in [-0.25, -0.2) is 8.78 Å². The van der Waals surface area contributed by atoms with Crippen LogP contribution < -0.4 is 0 Å². The molecule has 0 aromatic carbocycles. The van der Waals surface area contributed by atoms with Crippen molar-refractivity contribution < 1.29 is 17.8 Å². The summed E-state index contributed by atoms with van der Waals surface area (Å²) in [5.74, 6) is -0.447. The van der Waals surface area contributed by atoms with E-state index in [9.17, 15) is 13.6 Å². The number of carbonyl (C=O) groups excluding carboxylic acids is 1. The molecule has 68 valence electrons. The maximum absolute atomic E-state index is 12.0. The van der Waals surface area contributed by atoms with Gasteiger partial charge in [0.25, 0.3) is 6.43 Å². The molecule has 0 fully saturated rings. The van der Waals surface area contributed by atoms with Gasteiger partial charge in [-0.05, 0) is 16.9 Å². The van der Waals surface area contributed by atoms with Crippen LogP contribution in [0.1, 0.15) is 6.92 Å². The molecule has 0 saturated carbocycles. The molecule has 0 spiro atoms. The molecule has 12 heavy (non-hydrogen) atoms. The second-order valence-electron chi connectivity index (χ2n) is 2.19. The first-order chi connectivity index (χ1) is 5.59. The minimum absolute atomic E-state index is 0.0673. The summed E-state index contributed by atoms with van der Waals surface area (Å²) in [4.78, 5) is 10.4. The molecule has 1 unspecified atom stereocenters. The van der Waals surface area contributed by atoms with Gasteiger partial charge < -0.3 is 4.18 Å². The van der Waals surface area contributed by atoms with E-state index in [0.717, 1.165) is 0 Å². The van der Waals surface area contributed by atoms with Crippen molar-refractivity contribution in [3.8, 4) is 0 Å². The quantitative estimate of drug-likeness (QED) is 0.681. The van der Waals surface area contributed by atoms with Crippen LogP contribution in [0.3, 0.4) is 0 Å². The summed E-state index contributed by atoms with van der Waals surface area (Å²) in [5.41, 5.74) is -0.0673. The van der Waals surface area contributed by atoms with Crippen molar-refractivity contribution in [2.75, 3.05) is 0 Å². The Balaban J connectivity index is 2.54. The molecule has 0 N–H and O–H groups in total. The molecular weight excluding hydrogens is 186 g/mol. The molecular formula is C7H8F2O2S. The van der Waals surface area contributed by atoms with Crippen LogP contribution in [0.4, 0.5) is 8.78 Å². The fraction of sp³-hybridized carbons (Fsp3) is 0.286. The van der Waals surface area contributed by atoms with Crippen LogP contribution in [0.2, 0.25) is 0 Å². The summed E-state index contributed by atoms with van der Waals surface area (Å²) in [6, 6.07) is 0. The van der Waals surface area contributed by atoms with Crippen LogP contribution in [-0.4, -0.2) is 12.4 Å². The van der Waals surface area contributed by atoms with Crippen LogP contribution in [0.25, 0.3) is 0 Å². The van der Waals surface area contributed by atoms with Crippen molar-refractivity contribution in [1.29, 1.82) is 0 Å². The third kappa shape index (κ3) is 2.34. The lowest BCUT2D eigenvalue weighted by molar-refractivity contribution is -0.130. The molecule has 2 nitrogen and oxygen atoms in total. The van der Waals surface area contributed by atoms with Crippen molar-refractivity contribution in [3.05, 3.63) is 22.5 Å². The van der Waals surface area contributed by atoms with Crippen LogP contribution >= 0.6 is 11.2 Å². The molecule has 0 radical (unpaired) electrons. The summed E-state index contributed by atoms with van der Waals surface area (Å²) < 4.78 is 28.7. The van der Waals surface area contributed by atoms with Crippen molar-refractivity contribution in [2.24, 2.45) is 0 Å². The molecule has 0 bridgehead atoms. The first kappa shape index (κ1) is 9.25. The molecule has 0 aliphatic carbocycles. The van der Waals surface area contributed by atoms with Gasteiger partial charge in [0, 0.05) is 12.5 Å². The second kappa shape index (κ2) is 3.71. The fourth-order valence-corrected chi connectivity index (χ4v) is 2.03. The van der Waals surface area contributed by atoms with Crippen molar-refractivity contribution in [2.45, 2.75) is 13.3 Å². The van der Waals surface area contributed by atoms with Gasteiger partial charge in [0.2, 0.25) is 0 Å². The van der Waals surface area contributed by atoms with Crippen LogP contribution in [0.5, 0.6) is 0 Å². The lowest BCUT2D eigenvalue weighted by Crippen LogP contribution is -1.92. The molecule has 1 rings (SSSR count). The number of carbonyl (C=O) groups is 1. The number of alkyl halides is 2. The zero-order chi connectivity index (χ0) is 9.14. The van der Waals surface area contributed by atoms with Crippen LogP contribution in [0, 0.1) is 0 Å². The number of allylic oxidation sites excluding steroid dienone is 2. The highest BCUT2D eigenvalue weighted by molar-refractivity contribution is 8.18. The third-order valence-electron chi connectivity index (χ3n) is 1.18. The van der Waals surface area contributed by atoms with Gasteiger partial charge >= 0.3 is 5.97 Å². The first-order valence-corrected chi connectivity index (χ1v) is 4.64. The molecule has 0 saturated heterocycles. The highest BCUT2D eigenvalue weighted by Crippen LogP contribution is 2.38. The largest absolute Gasteiger partial charge is 0.411 e. The van der Waals surface area contributed by atoms with Gasteiger partial charge in [0.05, 0.1) is 0 Å². The number of rotatable bonds is 2. The Morgan fingerprint density at radius 3 is 2.75 bits per heavy atom. The summed E-state index contributed by atoms with van der Waals surface area (Å²) in [6.07, 6.45) is -1.19. The summed E-state index contributed by atoms with van der Waals surface area (Å²) in [5, 5.41) is 2.78. The predicted octanol–water partition coefficient (Wildman–Crippen LogP) is 2.14. The van der Waals surface area contributed by atoms with E-state index in [2.05, 4.69) is 0 Å². The molecule has 1 atom stereocenters. The molecule has 1 aliphatic heterocycles. The first-order valence-electron chi connectivity index (χ1n) is 3.24. The second-order valence-corrected chi connectivity index (χ2v) is 3.65. The van der Waals surface area contributed by atoms with Crippen molar-refractivity contribution >= 4 is 17.1 Å². The Morgan fingerprint density at radius 1 is 1.67 bits per heavy atom. The molecule has 0 amide bonds. The van der Waals surface area contributed by atoms with Crippen molar-refractivity contribution in [1.82, 2.24) is 0 Å². The van der Waals surface area contributed by atoms with Gasteiger partial charge in [0.1, 0.15) is 0 Å². The summed E-state index contributed by atoms with van der Waals surface area (Å²) in [6.45, 7) is 1.25. The van der Waals surface area contributed by atoms with Gasteiger partial charge in [-0.2, -0.15) is 0 Å². The minimum Gasteiger partial charge on any atom is -0.411 e. The normalized spacial score (nSPS) is 24.3. The van der Waals surface area contributed by atoms with E-state index in [1.54, 1.807) is 0 Å². The van der Waals surface area contributed by atoms with E-state index >= 15 is 0 Å². The van der Waals surface area contributed by atoms with E-state index in [0.29, 0.717) is 0 Å². The van der Waals surface area contributed by atoms with Crippen LogP contribution in [0.15, 0.2) is 22.5 Å². The monoisotopic (exact) mass is 194 g/mol. The number of hydrogen-bond acceptors (Lipinski definition) is 2. The molecule has 1 aliphatic rings. The maximum Gasteiger partial charge on any atom is 0.313 e. The van der Waals surface area contributed by atoms with E-state index in [1.807, 2.05) is 0 Å². The van der Waals surface area contributed by atoms with E-state index in [-0.39, 0.29) is 5.57 Å². The van der Waals surface area contributed by atoms with E-state index in [4.69, 9.17) is 4.18 Å². The van der Waals surface area contributed by atoms with Gasteiger partial charge in [-0.1, -0.05) is 11.2 Å². The van der Waals surface area contributed by atoms with Crippen molar-refractivity contribution in [3.63, 3.8) is 0 Å². The Morgan fingerprint density at radius 2 is 2.33 bits per heavy atom. The maximum atomic E-state index is 12.0. The lowest BCUT2D eigenvalue weighted by Gasteiger charge is -2.08. The average molecular weight is 194 g/mol. The molecule has 5 heteroatoms. The SMILES string of the molecule is CC(=O)O[SH]1C=CC(C(F)F)=C1. The van der Waals surface area contributed by atoms with Gasteiger partial charge in [0.15, 0.2) is 0 Å². The predicted molar refractivity (Wildman–Crippen MR) is 44.0 cm³/mol. The van der Waals surface area contributed by atoms with Gasteiger partial charge in [-0.15, -0.1) is 0 Å². The number of thiol groups is 1. The Labute approximate surface area is 71.5 Å². The average Bonchev–Trinajstić information content (AvgIpc) is 2.34. The molecule has 0 aromatic rings. The minimum atomic E-state index is -2.48. The third-order valence-corrected chi connectivity index (χ3v) is 2.64. The zero-order valence-electron chi connectivity index (χ0n) is 6.33. The number of hydrogen-bond donors (Lipinski definition) is 1. The number of halogens is 2. The standard InChI is InChI=1S/C7H8F2O2S/c1-5(10)11-12-3-2-6(4-12)7(8)9/h2-4,7,12H,1H3. The molecule has 1 heterocycles. The topological polar surface area (TPSA) is 26.3 Å². The summed E-state index contributed by atoms with van der Waals surface area (Å²) >= 11 is -1.23. The smallest absolute Gasteiger partial charge is 0.313 e. The van der Waals surface area contributed by atoms with E-state index in [1.165, 1.54) is 23.8 Å². The molecule has 0 aromatic heterocycles. The lowest BCUT2D eigenvalue weighted by atomic mass is 10.3. The summed E-state index contributed by atoms with van der Waals surface area (Å²) in [7, 11) is 0. The zero-order valence-corrected chi connectivity index (χ0v) is 7.22. The highest BCUT2D eigenvalue weighted by atomic mass is 32.2. The highest BCUT2D eigenvalue weighted by Gasteiger charge is 2.15. The fourth-order valence-electron chi connectivity index (χ4n) is 0.727. The van der Waals surface area contributed by atoms with E-state index < -0.39 is 23.6 Å². The van der Waals surface area contributed by atoms with Gasteiger partial charge in [-0.3, -0.25) is 4.79 Å². The Kier molecular flexibility index (Phi) is 2.86. The Hall–Kier alpha value is -0.840. The Bertz CT molecular complexity index is 248.